The molecule has 0 saturated carbocycles. The Kier molecular flexibility index (Phi) is 4.21. The van der Waals surface area contributed by atoms with E-state index >= 15 is 0 Å². The number of aromatic nitrogens is 3. The fourth-order valence-corrected chi connectivity index (χ4v) is 2.55. The van der Waals surface area contributed by atoms with Crippen molar-refractivity contribution in [3.05, 3.63) is 12.2 Å². The van der Waals surface area contributed by atoms with Gasteiger partial charge in [-0.3, -0.25) is 9.36 Å². The van der Waals surface area contributed by atoms with Crippen LogP contribution in [0.3, 0.4) is 0 Å². The summed E-state index contributed by atoms with van der Waals surface area (Å²) in [6.45, 7) is 0. The molecule has 0 radical (unpaired) electrons. The van der Waals surface area contributed by atoms with Crippen LogP contribution in [0.15, 0.2) is 6.33 Å². The number of hydrogen-bond donors (Lipinski definition) is 4. The van der Waals surface area contributed by atoms with Crippen LogP contribution < -0.4 is 5.73 Å². The van der Waals surface area contributed by atoms with Crippen LogP contribution in [0.1, 0.15) is 29.7 Å². The van der Waals surface area contributed by atoms with Crippen molar-refractivity contribution in [3.63, 3.8) is 0 Å². The average molecular weight is 306 g/mol. The highest BCUT2D eigenvalue weighted by molar-refractivity contribution is 7.51. The maximum Gasteiger partial charge on any atom is 0.325 e. The Hall–Kier alpha value is -1.32. The van der Waals surface area contributed by atoms with Gasteiger partial charge in [0.2, 0.25) is 5.82 Å². The SMILES string of the molecule is NC(=O)c1ncn([C@H]2C[C@H](O)[C@@H](CCP(=O)(O)O)O2)n1. The van der Waals surface area contributed by atoms with Crippen molar-refractivity contribution in [2.75, 3.05) is 6.16 Å². The minimum atomic E-state index is -4.13. The van der Waals surface area contributed by atoms with Gasteiger partial charge < -0.3 is 25.4 Å². The topological polar surface area (TPSA) is 161 Å². The highest BCUT2D eigenvalue weighted by Gasteiger charge is 2.36. The molecule has 1 aromatic heterocycles. The maximum atomic E-state index is 10.9. The summed E-state index contributed by atoms with van der Waals surface area (Å²) in [5.41, 5.74) is 5.02. The van der Waals surface area contributed by atoms with E-state index in [1.165, 1.54) is 11.0 Å². The van der Waals surface area contributed by atoms with Gasteiger partial charge in [-0.2, -0.15) is 0 Å². The van der Waals surface area contributed by atoms with Gasteiger partial charge in [0.05, 0.1) is 18.4 Å². The van der Waals surface area contributed by atoms with E-state index in [4.69, 9.17) is 20.3 Å². The van der Waals surface area contributed by atoms with Crippen LogP contribution >= 0.6 is 7.60 Å². The minimum Gasteiger partial charge on any atom is -0.390 e. The highest BCUT2D eigenvalue weighted by Crippen LogP contribution is 2.38. The first-order valence-corrected chi connectivity index (χ1v) is 7.65. The lowest BCUT2D eigenvalue weighted by Gasteiger charge is -2.14. The van der Waals surface area contributed by atoms with Crippen LogP contribution in [-0.2, 0) is 9.30 Å². The Bertz CT molecular complexity index is 542. The van der Waals surface area contributed by atoms with Gasteiger partial charge in [-0.15, -0.1) is 5.10 Å². The molecule has 11 heteroatoms. The van der Waals surface area contributed by atoms with Gasteiger partial charge in [0.1, 0.15) is 6.33 Å². The fourth-order valence-electron chi connectivity index (χ4n) is 1.96. The molecule has 1 aliphatic heterocycles. The van der Waals surface area contributed by atoms with Crippen molar-refractivity contribution in [3.8, 4) is 0 Å². The molecule has 1 amide bonds. The third-order valence-electron chi connectivity index (χ3n) is 2.93. The summed E-state index contributed by atoms with van der Waals surface area (Å²) in [4.78, 5) is 32.2. The van der Waals surface area contributed by atoms with Gasteiger partial charge >= 0.3 is 7.60 Å². The van der Waals surface area contributed by atoms with Gasteiger partial charge in [-0.25, -0.2) is 9.67 Å². The van der Waals surface area contributed by atoms with E-state index < -0.39 is 31.9 Å². The summed E-state index contributed by atoms with van der Waals surface area (Å²) in [5.74, 6) is -0.942. The van der Waals surface area contributed by atoms with Gasteiger partial charge in [-0.1, -0.05) is 0 Å². The summed E-state index contributed by atoms with van der Waals surface area (Å²) in [6, 6.07) is 0. The number of aliphatic hydroxyl groups excluding tert-OH is 1. The van der Waals surface area contributed by atoms with Crippen LogP contribution in [0.4, 0.5) is 0 Å². The third-order valence-corrected chi connectivity index (χ3v) is 3.77. The second-order valence-corrected chi connectivity index (χ2v) is 6.30. The van der Waals surface area contributed by atoms with Crippen molar-refractivity contribution >= 4 is 13.5 Å². The van der Waals surface area contributed by atoms with Crippen LogP contribution in [-0.4, -0.2) is 53.9 Å². The Labute approximate surface area is 113 Å². The lowest BCUT2D eigenvalue weighted by Crippen LogP contribution is -2.22. The summed E-state index contributed by atoms with van der Waals surface area (Å²) in [6.07, 6.45) is -1.12. The Morgan fingerprint density at radius 3 is 2.85 bits per heavy atom. The lowest BCUT2D eigenvalue weighted by molar-refractivity contribution is -0.0252. The number of aliphatic hydroxyl groups is 1. The fraction of sp³-hybridized carbons (Fsp3) is 0.667. The van der Waals surface area contributed by atoms with Crippen LogP contribution in [0.25, 0.3) is 0 Å². The van der Waals surface area contributed by atoms with E-state index in [-0.39, 0.29) is 24.8 Å². The van der Waals surface area contributed by atoms with Gasteiger partial charge in [0.25, 0.3) is 5.91 Å². The van der Waals surface area contributed by atoms with Crippen molar-refractivity contribution < 1.29 is 29.0 Å². The average Bonchev–Trinajstić information content (AvgIpc) is 2.91. The molecule has 1 aliphatic rings. The summed E-state index contributed by atoms with van der Waals surface area (Å²) in [7, 11) is -4.13. The molecule has 0 bridgehead atoms. The van der Waals surface area contributed by atoms with Gasteiger partial charge in [-0.05, 0) is 6.42 Å². The van der Waals surface area contributed by atoms with E-state index in [1.807, 2.05) is 0 Å². The monoisotopic (exact) mass is 306 g/mol. The molecule has 20 heavy (non-hydrogen) atoms. The molecule has 2 heterocycles. The molecule has 5 N–H and O–H groups in total. The lowest BCUT2D eigenvalue weighted by atomic mass is 10.1. The van der Waals surface area contributed by atoms with E-state index in [2.05, 4.69) is 10.1 Å². The van der Waals surface area contributed by atoms with Crippen molar-refractivity contribution in [2.45, 2.75) is 31.3 Å². The van der Waals surface area contributed by atoms with E-state index in [0.717, 1.165) is 0 Å². The Morgan fingerprint density at radius 1 is 1.60 bits per heavy atom. The van der Waals surface area contributed by atoms with Crippen LogP contribution in [0.2, 0.25) is 0 Å². The summed E-state index contributed by atoms with van der Waals surface area (Å²) < 4.78 is 17.5. The second-order valence-electron chi connectivity index (χ2n) is 4.52. The summed E-state index contributed by atoms with van der Waals surface area (Å²) in [5, 5.41) is 13.6. The van der Waals surface area contributed by atoms with E-state index in [0.29, 0.717) is 0 Å². The Morgan fingerprint density at radius 2 is 2.30 bits per heavy atom. The standard InChI is InChI=1S/C9H15N4O6P/c10-8(15)9-11-4-13(12-9)7-3-5(14)6(19-7)1-2-20(16,17)18/h4-7,14H,1-3H2,(H2,10,15)(H2,16,17,18)/t5-,6+,7+/m0/s1. The molecule has 1 fully saturated rings. The molecule has 2 rings (SSSR count). The molecular weight excluding hydrogens is 291 g/mol. The predicted molar refractivity (Wildman–Crippen MR) is 64.6 cm³/mol. The molecule has 0 unspecified atom stereocenters. The summed E-state index contributed by atoms with van der Waals surface area (Å²) >= 11 is 0. The van der Waals surface area contributed by atoms with Gasteiger partial charge in [0, 0.05) is 6.42 Å². The molecule has 3 atom stereocenters. The number of ether oxygens (including phenoxy) is 1. The first kappa shape index (κ1) is 15.1. The van der Waals surface area contributed by atoms with E-state index in [9.17, 15) is 14.5 Å². The number of primary amides is 1. The zero-order valence-corrected chi connectivity index (χ0v) is 11.3. The Balaban J connectivity index is 1.98. The highest BCUT2D eigenvalue weighted by atomic mass is 31.2. The molecule has 0 spiro atoms. The normalized spacial score (nSPS) is 26.9. The maximum absolute atomic E-state index is 10.9. The molecule has 0 aliphatic carbocycles. The number of carbonyl (C=O) groups is 1. The third kappa shape index (κ3) is 3.62. The second kappa shape index (κ2) is 5.58. The first-order chi connectivity index (χ1) is 9.26. The number of amides is 1. The van der Waals surface area contributed by atoms with Crippen molar-refractivity contribution in [2.24, 2.45) is 5.73 Å². The van der Waals surface area contributed by atoms with E-state index in [1.54, 1.807) is 0 Å². The number of nitrogens with zero attached hydrogens (tertiary/aromatic N) is 3. The number of carbonyl (C=O) groups excluding carboxylic acids is 1. The zero-order valence-electron chi connectivity index (χ0n) is 10.4. The van der Waals surface area contributed by atoms with Crippen LogP contribution in [0, 0.1) is 0 Å². The molecule has 1 saturated heterocycles. The number of nitrogens with two attached hydrogens (primary N) is 1. The van der Waals surface area contributed by atoms with Gasteiger partial charge in [0.15, 0.2) is 6.23 Å². The van der Waals surface area contributed by atoms with Crippen LogP contribution in [0.5, 0.6) is 0 Å². The minimum absolute atomic E-state index is 0.0271. The quantitative estimate of drug-likeness (QED) is 0.482. The van der Waals surface area contributed by atoms with Crippen molar-refractivity contribution in [1.29, 1.82) is 0 Å². The largest absolute Gasteiger partial charge is 0.390 e. The molecular formula is C9H15N4O6P. The number of rotatable bonds is 5. The molecule has 1 aromatic rings. The number of hydrogen-bond acceptors (Lipinski definition) is 6. The first-order valence-electron chi connectivity index (χ1n) is 5.85. The predicted octanol–water partition coefficient (Wildman–Crippen LogP) is -1.41. The molecule has 112 valence electrons. The molecule has 0 aromatic carbocycles. The zero-order chi connectivity index (χ0) is 14.9. The smallest absolute Gasteiger partial charge is 0.325 e. The molecule has 10 nitrogen and oxygen atoms in total. The van der Waals surface area contributed by atoms with Crippen molar-refractivity contribution in [1.82, 2.24) is 14.8 Å².